The zero-order chi connectivity index (χ0) is 20.5. The maximum absolute atomic E-state index is 12.7. The maximum Gasteiger partial charge on any atom is 0.255 e. The number of unbranched alkanes of at least 4 members (excludes halogenated alkanes) is 1. The van der Waals surface area contributed by atoms with Crippen LogP contribution in [-0.4, -0.2) is 56.5 Å². The number of anilines is 1. The number of ketones is 1. The van der Waals surface area contributed by atoms with E-state index in [1.165, 1.54) is 0 Å². The summed E-state index contributed by atoms with van der Waals surface area (Å²) >= 11 is 0. The van der Waals surface area contributed by atoms with E-state index in [-0.39, 0.29) is 11.7 Å². The Hall–Kier alpha value is -2.70. The van der Waals surface area contributed by atoms with E-state index in [1.807, 2.05) is 12.1 Å². The average molecular weight is 396 g/mol. The Bertz CT molecular complexity index is 814. The molecule has 1 fully saturated rings. The summed E-state index contributed by atoms with van der Waals surface area (Å²) in [4.78, 5) is 27.6. The van der Waals surface area contributed by atoms with Gasteiger partial charge in [0.15, 0.2) is 5.78 Å². The van der Waals surface area contributed by atoms with Gasteiger partial charge in [0.25, 0.3) is 5.91 Å². The van der Waals surface area contributed by atoms with E-state index >= 15 is 0 Å². The topological polar surface area (TPSA) is 67.9 Å². The Balaban J connectivity index is 1.54. The minimum absolute atomic E-state index is 0.0533. The molecule has 6 nitrogen and oxygen atoms in total. The number of hydrogen-bond acceptors (Lipinski definition) is 5. The van der Waals surface area contributed by atoms with Crippen LogP contribution >= 0.6 is 0 Å². The quantitative estimate of drug-likeness (QED) is 0.518. The minimum Gasteiger partial charge on any atom is -0.497 e. The van der Waals surface area contributed by atoms with Crippen molar-refractivity contribution in [1.82, 2.24) is 4.90 Å². The molecule has 0 spiro atoms. The van der Waals surface area contributed by atoms with Crippen molar-refractivity contribution in [2.75, 3.05) is 45.3 Å². The van der Waals surface area contributed by atoms with E-state index in [1.54, 1.807) is 43.5 Å². The number of nitrogens with zero attached hydrogens (tertiary/aromatic N) is 1. The summed E-state index contributed by atoms with van der Waals surface area (Å²) in [6.45, 7) is 4.51. The summed E-state index contributed by atoms with van der Waals surface area (Å²) in [5.74, 6) is 0.493. The van der Waals surface area contributed by atoms with Crippen molar-refractivity contribution in [3.8, 4) is 5.75 Å². The third-order valence-corrected chi connectivity index (χ3v) is 5.06. The van der Waals surface area contributed by atoms with Crippen LogP contribution in [0.2, 0.25) is 0 Å². The number of benzene rings is 2. The summed E-state index contributed by atoms with van der Waals surface area (Å²) in [5, 5.41) is 2.86. The second-order valence-corrected chi connectivity index (χ2v) is 7.06. The molecular weight excluding hydrogens is 368 g/mol. The molecule has 0 aliphatic carbocycles. The number of amides is 1. The molecule has 1 saturated heterocycles. The summed E-state index contributed by atoms with van der Waals surface area (Å²) in [6, 6.07) is 14.1. The lowest BCUT2D eigenvalue weighted by molar-refractivity contribution is 0.0371. The molecule has 0 atom stereocenters. The van der Waals surface area contributed by atoms with Crippen LogP contribution in [0.3, 0.4) is 0 Å². The molecule has 3 rings (SSSR count). The first-order valence-corrected chi connectivity index (χ1v) is 10.0. The maximum atomic E-state index is 12.7. The molecule has 0 aromatic heterocycles. The third kappa shape index (κ3) is 6.14. The van der Waals surface area contributed by atoms with Gasteiger partial charge in [-0.05, 0) is 55.8 Å². The number of morpholine rings is 1. The van der Waals surface area contributed by atoms with Crippen molar-refractivity contribution in [2.45, 2.75) is 19.3 Å². The van der Waals surface area contributed by atoms with Crippen LogP contribution in [0.5, 0.6) is 5.75 Å². The molecule has 1 N–H and O–H groups in total. The monoisotopic (exact) mass is 396 g/mol. The second kappa shape index (κ2) is 10.7. The number of methoxy groups -OCH3 is 1. The van der Waals surface area contributed by atoms with Gasteiger partial charge < -0.3 is 14.8 Å². The van der Waals surface area contributed by atoms with E-state index in [9.17, 15) is 9.59 Å². The van der Waals surface area contributed by atoms with Crippen molar-refractivity contribution in [3.05, 3.63) is 59.7 Å². The lowest BCUT2D eigenvalue weighted by Gasteiger charge is -2.26. The van der Waals surface area contributed by atoms with Crippen LogP contribution in [0.25, 0.3) is 0 Å². The molecule has 154 valence electrons. The highest BCUT2D eigenvalue weighted by Crippen LogP contribution is 2.20. The molecule has 6 heteroatoms. The molecule has 0 saturated carbocycles. The number of carbonyl (C=O) groups excluding carboxylic acids is 2. The van der Waals surface area contributed by atoms with Gasteiger partial charge in [-0.2, -0.15) is 0 Å². The summed E-state index contributed by atoms with van der Waals surface area (Å²) in [6.07, 6.45) is 2.28. The minimum atomic E-state index is -0.250. The van der Waals surface area contributed by atoms with E-state index in [0.717, 1.165) is 45.7 Å². The largest absolute Gasteiger partial charge is 0.497 e. The van der Waals surface area contributed by atoms with Gasteiger partial charge in [0.2, 0.25) is 0 Å². The highest BCUT2D eigenvalue weighted by molar-refractivity contribution is 6.09. The highest BCUT2D eigenvalue weighted by Gasteiger charge is 2.15. The fourth-order valence-corrected chi connectivity index (χ4v) is 3.35. The second-order valence-electron chi connectivity index (χ2n) is 7.06. The van der Waals surface area contributed by atoms with Crippen molar-refractivity contribution >= 4 is 17.4 Å². The van der Waals surface area contributed by atoms with Crippen LogP contribution < -0.4 is 10.1 Å². The van der Waals surface area contributed by atoms with Crippen LogP contribution in [-0.2, 0) is 4.74 Å². The number of Topliss-reactive ketones (excluding diaryl/α,β-unsaturated/α-hetero) is 1. The van der Waals surface area contributed by atoms with E-state index in [2.05, 4.69) is 10.2 Å². The Morgan fingerprint density at radius 3 is 2.48 bits per heavy atom. The zero-order valence-corrected chi connectivity index (χ0v) is 16.9. The summed E-state index contributed by atoms with van der Waals surface area (Å²) in [7, 11) is 1.58. The number of carbonyl (C=O) groups is 2. The van der Waals surface area contributed by atoms with Crippen LogP contribution in [0.1, 0.15) is 40.0 Å². The molecule has 1 amide bonds. The van der Waals surface area contributed by atoms with E-state index < -0.39 is 0 Å². The Kier molecular flexibility index (Phi) is 7.78. The number of para-hydroxylation sites is 1. The molecular formula is C23H28N2O4. The van der Waals surface area contributed by atoms with Crippen molar-refractivity contribution in [1.29, 1.82) is 0 Å². The predicted octanol–water partition coefficient (Wildman–Crippen LogP) is 3.63. The normalized spacial score (nSPS) is 14.4. The smallest absolute Gasteiger partial charge is 0.255 e. The number of nitrogens with one attached hydrogen (secondary N) is 1. The number of ether oxygens (including phenoxy) is 2. The standard InChI is InChI=1S/C23H28N2O4/c1-28-19-11-9-18(10-12-19)23(27)24-21-7-3-2-6-20(21)22(26)8-4-5-13-25-14-16-29-17-15-25/h2-3,6-7,9-12H,4-5,8,13-17H2,1H3,(H,24,27). The first-order chi connectivity index (χ1) is 14.2. The third-order valence-electron chi connectivity index (χ3n) is 5.06. The molecule has 2 aromatic carbocycles. The van der Waals surface area contributed by atoms with Gasteiger partial charge in [-0.25, -0.2) is 0 Å². The van der Waals surface area contributed by atoms with E-state index in [4.69, 9.17) is 9.47 Å². The molecule has 2 aromatic rings. The van der Waals surface area contributed by atoms with Crippen LogP contribution in [0.15, 0.2) is 48.5 Å². The molecule has 29 heavy (non-hydrogen) atoms. The highest BCUT2D eigenvalue weighted by atomic mass is 16.5. The van der Waals surface area contributed by atoms with Crippen molar-refractivity contribution in [2.24, 2.45) is 0 Å². The molecule has 0 radical (unpaired) electrons. The lowest BCUT2D eigenvalue weighted by atomic mass is 10.0. The Labute approximate surface area is 171 Å². The van der Waals surface area contributed by atoms with Gasteiger partial charge >= 0.3 is 0 Å². The van der Waals surface area contributed by atoms with Gasteiger partial charge in [0.05, 0.1) is 26.0 Å². The molecule has 1 aliphatic heterocycles. The fraction of sp³-hybridized carbons (Fsp3) is 0.391. The summed E-state index contributed by atoms with van der Waals surface area (Å²) in [5.41, 5.74) is 1.62. The van der Waals surface area contributed by atoms with Gasteiger partial charge in [-0.15, -0.1) is 0 Å². The van der Waals surface area contributed by atoms with Gasteiger partial charge in [-0.3, -0.25) is 14.5 Å². The average Bonchev–Trinajstić information content (AvgIpc) is 2.77. The fourth-order valence-electron chi connectivity index (χ4n) is 3.35. The SMILES string of the molecule is COc1ccc(C(=O)Nc2ccccc2C(=O)CCCCN2CCOCC2)cc1. The summed E-state index contributed by atoms with van der Waals surface area (Å²) < 4.78 is 10.5. The van der Waals surface area contributed by atoms with Gasteiger partial charge in [-0.1, -0.05) is 12.1 Å². The van der Waals surface area contributed by atoms with Crippen LogP contribution in [0.4, 0.5) is 5.69 Å². The molecule has 0 bridgehead atoms. The van der Waals surface area contributed by atoms with E-state index in [0.29, 0.717) is 29.0 Å². The predicted molar refractivity (Wildman–Crippen MR) is 113 cm³/mol. The Morgan fingerprint density at radius 1 is 1.03 bits per heavy atom. The molecule has 1 heterocycles. The molecule has 1 aliphatic rings. The Morgan fingerprint density at radius 2 is 1.76 bits per heavy atom. The van der Waals surface area contributed by atoms with Crippen molar-refractivity contribution < 1.29 is 19.1 Å². The number of rotatable bonds is 9. The lowest BCUT2D eigenvalue weighted by Crippen LogP contribution is -2.36. The number of hydrogen-bond donors (Lipinski definition) is 1. The van der Waals surface area contributed by atoms with Crippen LogP contribution in [0, 0.1) is 0 Å². The first-order valence-electron chi connectivity index (χ1n) is 10.0. The molecule has 0 unspecified atom stereocenters. The van der Waals surface area contributed by atoms with Gasteiger partial charge in [0, 0.05) is 30.6 Å². The zero-order valence-electron chi connectivity index (χ0n) is 16.9. The first kappa shape index (κ1) is 21.0. The van der Waals surface area contributed by atoms with Gasteiger partial charge in [0.1, 0.15) is 5.75 Å². The van der Waals surface area contributed by atoms with Crippen molar-refractivity contribution in [3.63, 3.8) is 0 Å².